The summed E-state index contributed by atoms with van der Waals surface area (Å²) in [5, 5.41) is 0. The molecule has 18 heavy (non-hydrogen) atoms. The molecule has 2 nitrogen and oxygen atoms in total. The van der Waals surface area contributed by atoms with Crippen molar-refractivity contribution in [3.63, 3.8) is 0 Å². The van der Waals surface area contributed by atoms with Gasteiger partial charge in [0, 0.05) is 0 Å². The lowest BCUT2D eigenvalue weighted by atomic mass is 10.1. The largest absolute Gasteiger partial charge is 0.465 e. The Hall–Kier alpha value is -2.35. The molecule has 0 N–H and O–H groups in total. The highest BCUT2D eigenvalue weighted by Crippen LogP contribution is 2.11. The summed E-state index contributed by atoms with van der Waals surface area (Å²) in [6.45, 7) is 0. The van der Waals surface area contributed by atoms with Gasteiger partial charge in [-0.2, -0.15) is 0 Å². The third-order valence-electron chi connectivity index (χ3n) is 2.58. The first kappa shape index (κ1) is 12.1. The predicted molar refractivity (Wildman–Crippen MR) is 73.2 cm³/mol. The molecule has 0 atom stereocenters. The van der Waals surface area contributed by atoms with Gasteiger partial charge in [-0.25, -0.2) is 4.79 Å². The van der Waals surface area contributed by atoms with E-state index in [1.54, 1.807) is 6.07 Å². The number of methoxy groups -OCH3 is 1. The molecule has 0 aliphatic rings. The zero-order chi connectivity index (χ0) is 12.8. The summed E-state index contributed by atoms with van der Waals surface area (Å²) in [4.78, 5) is 11.4. The average molecular weight is 238 g/mol. The molecule has 0 aliphatic carbocycles. The average Bonchev–Trinajstić information content (AvgIpc) is 2.45. The summed E-state index contributed by atoms with van der Waals surface area (Å²) >= 11 is 0. The van der Waals surface area contributed by atoms with E-state index in [0.717, 1.165) is 11.1 Å². The molecule has 2 heteroatoms. The molecule has 0 radical (unpaired) electrons. The standard InChI is InChI=1S/C16H14O2/c1-18-16(17)15-9-5-8-14(12-15)11-10-13-6-3-2-4-7-13/h2-12H,1H3. The van der Waals surface area contributed by atoms with Crippen LogP contribution in [0.4, 0.5) is 0 Å². The number of esters is 1. The number of carbonyl (C=O) groups is 1. The van der Waals surface area contributed by atoms with Crippen molar-refractivity contribution in [1.82, 2.24) is 0 Å². The van der Waals surface area contributed by atoms with E-state index in [-0.39, 0.29) is 5.97 Å². The molecule has 90 valence electrons. The van der Waals surface area contributed by atoms with Crippen LogP contribution in [-0.2, 0) is 4.74 Å². The van der Waals surface area contributed by atoms with Crippen LogP contribution in [0.15, 0.2) is 54.6 Å². The minimum absolute atomic E-state index is 0.315. The summed E-state index contributed by atoms with van der Waals surface area (Å²) in [5.74, 6) is -0.315. The lowest BCUT2D eigenvalue weighted by Crippen LogP contribution is -2.00. The van der Waals surface area contributed by atoms with Gasteiger partial charge >= 0.3 is 5.97 Å². The van der Waals surface area contributed by atoms with Crippen molar-refractivity contribution < 1.29 is 9.53 Å². The predicted octanol–water partition coefficient (Wildman–Crippen LogP) is 3.64. The Kier molecular flexibility index (Phi) is 3.92. The topological polar surface area (TPSA) is 26.3 Å². The van der Waals surface area contributed by atoms with Crippen molar-refractivity contribution in [3.8, 4) is 0 Å². The van der Waals surface area contributed by atoms with Gasteiger partial charge in [-0.3, -0.25) is 0 Å². The second-order valence-electron chi connectivity index (χ2n) is 3.86. The quantitative estimate of drug-likeness (QED) is 0.602. The van der Waals surface area contributed by atoms with Crippen LogP contribution in [0, 0.1) is 0 Å². The van der Waals surface area contributed by atoms with Gasteiger partial charge in [-0.15, -0.1) is 0 Å². The van der Waals surface area contributed by atoms with E-state index in [0.29, 0.717) is 5.56 Å². The van der Waals surface area contributed by atoms with Crippen LogP contribution in [0.2, 0.25) is 0 Å². The molecule has 0 amide bonds. The maximum atomic E-state index is 11.4. The first-order valence-electron chi connectivity index (χ1n) is 5.71. The smallest absolute Gasteiger partial charge is 0.337 e. The lowest BCUT2D eigenvalue weighted by Gasteiger charge is -2.00. The van der Waals surface area contributed by atoms with Crippen LogP contribution in [0.3, 0.4) is 0 Å². The second kappa shape index (κ2) is 5.82. The van der Waals surface area contributed by atoms with Crippen molar-refractivity contribution in [2.75, 3.05) is 7.11 Å². The molecule has 2 aromatic carbocycles. The Balaban J connectivity index is 2.20. The number of rotatable bonds is 3. The second-order valence-corrected chi connectivity index (χ2v) is 3.86. The van der Waals surface area contributed by atoms with Gasteiger partial charge in [0.1, 0.15) is 0 Å². The Morgan fingerprint density at radius 2 is 1.61 bits per heavy atom. The summed E-state index contributed by atoms with van der Waals surface area (Å²) in [7, 11) is 1.38. The molecule has 0 saturated heterocycles. The van der Waals surface area contributed by atoms with Gasteiger partial charge in [-0.1, -0.05) is 54.6 Å². The molecule has 0 aliphatic heterocycles. The Morgan fingerprint density at radius 1 is 0.944 bits per heavy atom. The molecule has 0 spiro atoms. The van der Waals surface area contributed by atoms with E-state index in [9.17, 15) is 4.79 Å². The van der Waals surface area contributed by atoms with E-state index in [2.05, 4.69) is 0 Å². The van der Waals surface area contributed by atoms with Crippen LogP contribution < -0.4 is 0 Å². The molecule has 0 bridgehead atoms. The van der Waals surface area contributed by atoms with Crippen molar-refractivity contribution in [1.29, 1.82) is 0 Å². The van der Waals surface area contributed by atoms with Crippen molar-refractivity contribution in [3.05, 3.63) is 71.3 Å². The highest BCUT2D eigenvalue weighted by Gasteiger charge is 2.03. The Labute approximate surface area is 107 Å². The van der Waals surface area contributed by atoms with Crippen molar-refractivity contribution in [2.45, 2.75) is 0 Å². The fourth-order valence-corrected chi connectivity index (χ4v) is 1.64. The first-order chi connectivity index (χ1) is 8.79. The van der Waals surface area contributed by atoms with Crippen LogP contribution >= 0.6 is 0 Å². The van der Waals surface area contributed by atoms with Gasteiger partial charge in [0.05, 0.1) is 12.7 Å². The van der Waals surface area contributed by atoms with E-state index < -0.39 is 0 Å². The van der Waals surface area contributed by atoms with Gasteiger partial charge in [-0.05, 0) is 23.3 Å². The van der Waals surface area contributed by atoms with Crippen molar-refractivity contribution >= 4 is 18.1 Å². The summed E-state index contributed by atoms with van der Waals surface area (Å²) in [6.07, 6.45) is 3.98. The van der Waals surface area contributed by atoms with Gasteiger partial charge in [0.25, 0.3) is 0 Å². The monoisotopic (exact) mass is 238 g/mol. The molecule has 0 aromatic heterocycles. The van der Waals surface area contributed by atoms with Gasteiger partial charge in [0.2, 0.25) is 0 Å². The summed E-state index contributed by atoms with van der Waals surface area (Å²) < 4.78 is 4.69. The Bertz CT molecular complexity index is 556. The maximum Gasteiger partial charge on any atom is 0.337 e. The summed E-state index contributed by atoms with van der Waals surface area (Å²) in [6, 6.07) is 17.4. The van der Waals surface area contributed by atoms with Crippen molar-refractivity contribution in [2.24, 2.45) is 0 Å². The Morgan fingerprint density at radius 3 is 2.33 bits per heavy atom. The van der Waals surface area contributed by atoms with E-state index in [4.69, 9.17) is 4.74 Å². The molecule has 2 rings (SSSR count). The molecule has 0 saturated carbocycles. The number of carbonyl (C=O) groups excluding carboxylic acids is 1. The van der Waals surface area contributed by atoms with E-state index in [1.165, 1.54) is 7.11 Å². The van der Waals surface area contributed by atoms with Crippen LogP contribution in [0.1, 0.15) is 21.5 Å². The maximum absolute atomic E-state index is 11.4. The fourth-order valence-electron chi connectivity index (χ4n) is 1.64. The zero-order valence-electron chi connectivity index (χ0n) is 10.2. The SMILES string of the molecule is COC(=O)c1cccc(C=Cc2ccccc2)c1. The molecule has 2 aromatic rings. The third kappa shape index (κ3) is 3.08. The van der Waals surface area contributed by atoms with Gasteiger partial charge < -0.3 is 4.74 Å². The van der Waals surface area contributed by atoms with Crippen LogP contribution in [0.5, 0.6) is 0 Å². The molecule has 0 unspecified atom stereocenters. The van der Waals surface area contributed by atoms with Gasteiger partial charge in [0.15, 0.2) is 0 Å². The first-order valence-corrected chi connectivity index (χ1v) is 5.71. The fraction of sp³-hybridized carbons (Fsp3) is 0.0625. The third-order valence-corrected chi connectivity index (χ3v) is 2.58. The minimum Gasteiger partial charge on any atom is -0.465 e. The molecular weight excluding hydrogens is 224 g/mol. The van der Waals surface area contributed by atoms with E-state index >= 15 is 0 Å². The molecular formula is C16H14O2. The number of ether oxygens (including phenoxy) is 1. The van der Waals surface area contributed by atoms with Crippen LogP contribution in [0.25, 0.3) is 12.2 Å². The van der Waals surface area contributed by atoms with E-state index in [1.807, 2.05) is 60.7 Å². The molecule has 0 heterocycles. The summed E-state index contributed by atoms with van der Waals surface area (Å²) in [5.41, 5.74) is 2.66. The number of benzene rings is 2. The van der Waals surface area contributed by atoms with Crippen LogP contribution in [-0.4, -0.2) is 13.1 Å². The zero-order valence-corrected chi connectivity index (χ0v) is 10.2. The highest BCUT2D eigenvalue weighted by molar-refractivity contribution is 5.90. The normalized spacial score (nSPS) is 10.5. The number of hydrogen-bond donors (Lipinski definition) is 0. The highest BCUT2D eigenvalue weighted by atomic mass is 16.5. The minimum atomic E-state index is -0.315. The lowest BCUT2D eigenvalue weighted by molar-refractivity contribution is 0.0600. The molecule has 0 fully saturated rings. The number of hydrogen-bond acceptors (Lipinski definition) is 2.